The van der Waals surface area contributed by atoms with E-state index in [0.29, 0.717) is 11.3 Å². The van der Waals surface area contributed by atoms with Gasteiger partial charge in [-0.1, -0.05) is 5.98 Å². The van der Waals surface area contributed by atoms with Crippen molar-refractivity contribution in [1.82, 2.24) is 4.98 Å². The van der Waals surface area contributed by atoms with Gasteiger partial charge in [-0.2, -0.15) is 0 Å². The zero-order valence-electron chi connectivity index (χ0n) is 12.0. The number of aromatic nitrogens is 1. The molecule has 1 fully saturated rings. The van der Waals surface area contributed by atoms with Crippen LogP contribution in [0.15, 0.2) is 18.2 Å². The van der Waals surface area contributed by atoms with Crippen molar-refractivity contribution in [3.8, 4) is 0 Å². The summed E-state index contributed by atoms with van der Waals surface area (Å²) in [6, 6.07) is 1.35. The lowest BCUT2D eigenvalue weighted by molar-refractivity contribution is 0.00578. The van der Waals surface area contributed by atoms with E-state index in [0.717, 1.165) is 0 Å². The van der Waals surface area contributed by atoms with Crippen molar-refractivity contribution in [2.24, 2.45) is 0 Å². The van der Waals surface area contributed by atoms with Gasteiger partial charge in [-0.25, -0.2) is 4.39 Å². The molecule has 5 heteroatoms. The zero-order valence-corrected chi connectivity index (χ0v) is 12.0. The van der Waals surface area contributed by atoms with Crippen LogP contribution in [0.3, 0.4) is 0 Å². The lowest BCUT2D eigenvalue weighted by atomic mass is 9.89. The van der Waals surface area contributed by atoms with E-state index < -0.39 is 7.12 Å². The Kier molecular flexibility index (Phi) is 3.54. The third kappa shape index (κ3) is 2.72. The molecule has 1 aliphatic rings. The largest absolute Gasteiger partial charge is 0.487 e. The van der Waals surface area contributed by atoms with Crippen molar-refractivity contribution >= 4 is 13.2 Å². The summed E-state index contributed by atoms with van der Waals surface area (Å²) in [7, 11) is -0.436. The molecule has 0 saturated carbocycles. The molecule has 0 radical (unpaired) electrons. The first kappa shape index (κ1) is 14.2. The fourth-order valence-corrected chi connectivity index (χ4v) is 1.83. The molecule has 1 aromatic rings. The maximum atomic E-state index is 13.4. The molecule has 2 heterocycles. The summed E-state index contributed by atoms with van der Waals surface area (Å²) in [6.07, 6.45) is 3.19. The minimum absolute atomic E-state index is 0.261. The van der Waals surface area contributed by atoms with Crippen LogP contribution in [0.1, 0.15) is 39.0 Å². The molecule has 0 amide bonds. The van der Waals surface area contributed by atoms with Crippen molar-refractivity contribution in [3.63, 3.8) is 0 Å². The summed E-state index contributed by atoms with van der Waals surface area (Å²) in [5, 5.41) is 0. The SMILES string of the molecule is Cc1c(F)ccnc1/C=C/B1OC(C)(C)C(C)(C)O1. The van der Waals surface area contributed by atoms with E-state index in [2.05, 4.69) is 4.98 Å². The molecule has 0 unspecified atom stereocenters. The summed E-state index contributed by atoms with van der Waals surface area (Å²) in [6.45, 7) is 9.67. The third-order valence-corrected chi connectivity index (χ3v) is 3.86. The molecule has 102 valence electrons. The van der Waals surface area contributed by atoms with Crippen molar-refractivity contribution in [1.29, 1.82) is 0 Å². The van der Waals surface area contributed by atoms with Gasteiger partial charge in [0.2, 0.25) is 0 Å². The van der Waals surface area contributed by atoms with Gasteiger partial charge in [0.25, 0.3) is 0 Å². The molecule has 0 N–H and O–H groups in total. The molecule has 1 aromatic heterocycles. The standard InChI is InChI=1S/C14H19BFNO2/c1-10-11(16)7-9-17-12(10)6-8-15-18-13(2,3)14(4,5)19-15/h6-9H,1-5H3/b8-6+. The van der Waals surface area contributed by atoms with Crippen LogP contribution in [0, 0.1) is 12.7 Å². The number of pyridine rings is 1. The molecule has 19 heavy (non-hydrogen) atoms. The number of hydrogen-bond acceptors (Lipinski definition) is 3. The fraction of sp³-hybridized carbons (Fsp3) is 0.500. The van der Waals surface area contributed by atoms with Crippen molar-refractivity contribution < 1.29 is 13.7 Å². The van der Waals surface area contributed by atoms with Gasteiger partial charge < -0.3 is 9.31 Å². The van der Waals surface area contributed by atoms with Gasteiger partial charge in [-0.3, -0.25) is 4.98 Å². The van der Waals surface area contributed by atoms with E-state index in [9.17, 15) is 4.39 Å². The quantitative estimate of drug-likeness (QED) is 0.768. The Balaban J connectivity index is 2.15. The topological polar surface area (TPSA) is 31.4 Å². The van der Waals surface area contributed by atoms with Crippen molar-refractivity contribution in [2.75, 3.05) is 0 Å². The first-order valence-electron chi connectivity index (χ1n) is 6.38. The lowest BCUT2D eigenvalue weighted by Crippen LogP contribution is -2.41. The first-order chi connectivity index (χ1) is 8.73. The summed E-state index contributed by atoms with van der Waals surface area (Å²) in [5.74, 6) is 1.51. The maximum Gasteiger partial charge on any atom is 0.487 e. The minimum Gasteiger partial charge on any atom is -0.400 e. The molecule has 1 aliphatic heterocycles. The highest BCUT2D eigenvalue weighted by Gasteiger charge is 2.50. The Bertz CT molecular complexity index is 498. The van der Waals surface area contributed by atoms with Crippen LogP contribution in [-0.4, -0.2) is 23.3 Å². The van der Waals surface area contributed by atoms with Crippen LogP contribution in [-0.2, 0) is 9.31 Å². The molecule has 0 spiro atoms. The lowest BCUT2D eigenvalue weighted by Gasteiger charge is -2.32. The molecule has 0 aliphatic carbocycles. The Morgan fingerprint density at radius 1 is 1.21 bits per heavy atom. The molecule has 3 nitrogen and oxygen atoms in total. The molecule has 0 bridgehead atoms. The fourth-order valence-electron chi connectivity index (χ4n) is 1.83. The minimum atomic E-state index is -0.436. The Hall–Kier alpha value is -1.20. The van der Waals surface area contributed by atoms with Crippen LogP contribution in [0.4, 0.5) is 4.39 Å². The molecule has 0 atom stereocenters. The number of nitrogens with zero attached hydrogens (tertiary/aromatic N) is 1. The zero-order chi connectivity index (χ0) is 14.3. The second kappa shape index (κ2) is 4.73. The molecule has 0 aromatic carbocycles. The second-order valence-corrected chi connectivity index (χ2v) is 5.79. The van der Waals surface area contributed by atoms with E-state index in [1.807, 2.05) is 27.7 Å². The second-order valence-electron chi connectivity index (χ2n) is 5.79. The maximum absolute atomic E-state index is 13.4. The highest BCUT2D eigenvalue weighted by molar-refractivity contribution is 6.52. The molecule has 1 saturated heterocycles. The van der Waals surface area contributed by atoms with Crippen LogP contribution >= 0.6 is 0 Å². The Morgan fingerprint density at radius 3 is 2.37 bits per heavy atom. The molecular weight excluding hydrogens is 244 g/mol. The summed E-state index contributed by atoms with van der Waals surface area (Å²) in [5.41, 5.74) is 0.378. The van der Waals surface area contributed by atoms with Gasteiger partial charge in [0.15, 0.2) is 0 Å². The van der Waals surface area contributed by atoms with E-state index >= 15 is 0 Å². The van der Waals surface area contributed by atoms with E-state index in [4.69, 9.17) is 9.31 Å². The van der Waals surface area contributed by atoms with Gasteiger partial charge in [0.1, 0.15) is 5.82 Å². The van der Waals surface area contributed by atoms with Gasteiger partial charge in [0, 0.05) is 11.8 Å². The predicted molar refractivity (Wildman–Crippen MR) is 74.0 cm³/mol. The van der Waals surface area contributed by atoms with Gasteiger partial charge >= 0.3 is 7.12 Å². The van der Waals surface area contributed by atoms with Gasteiger partial charge in [-0.05, 0) is 46.8 Å². The highest BCUT2D eigenvalue weighted by Crippen LogP contribution is 2.37. The van der Waals surface area contributed by atoms with Crippen LogP contribution in [0.25, 0.3) is 6.08 Å². The summed E-state index contributed by atoms with van der Waals surface area (Å²) >= 11 is 0. The highest BCUT2D eigenvalue weighted by atomic mass is 19.1. The van der Waals surface area contributed by atoms with Gasteiger partial charge in [-0.15, -0.1) is 0 Å². The third-order valence-electron chi connectivity index (χ3n) is 3.86. The monoisotopic (exact) mass is 263 g/mol. The number of hydrogen-bond donors (Lipinski definition) is 0. The van der Waals surface area contributed by atoms with Gasteiger partial charge in [0.05, 0.1) is 16.9 Å². The Labute approximate surface area is 114 Å². The summed E-state index contributed by atoms with van der Waals surface area (Å²) in [4.78, 5) is 4.13. The van der Waals surface area contributed by atoms with Crippen LogP contribution < -0.4 is 0 Å². The first-order valence-corrected chi connectivity index (χ1v) is 6.38. The van der Waals surface area contributed by atoms with Crippen LogP contribution in [0.5, 0.6) is 0 Å². The average molecular weight is 263 g/mol. The number of rotatable bonds is 2. The molecular formula is C14H19BFNO2. The van der Waals surface area contributed by atoms with Crippen LogP contribution in [0.2, 0.25) is 0 Å². The van der Waals surface area contributed by atoms with E-state index in [1.165, 1.54) is 12.3 Å². The normalized spacial score (nSPS) is 21.3. The van der Waals surface area contributed by atoms with E-state index in [1.54, 1.807) is 19.0 Å². The summed E-state index contributed by atoms with van der Waals surface area (Å²) < 4.78 is 25.0. The van der Waals surface area contributed by atoms with Crippen molar-refractivity contribution in [3.05, 3.63) is 35.3 Å². The predicted octanol–water partition coefficient (Wildman–Crippen LogP) is 3.17. The number of halogens is 1. The van der Waals surface area contributed by atoms with E-state index in [-0.39, 0.29) is 17.0 Å². The molecule has 2 rings (SSSR count). The van der Waals surface area contributed by atoms with Crippen molar-refractivity contribution in [2.45, 2.75) is 45.8 Å². The smallest absolute Gasteiger partial charge is 0.400 e. The average Bonchev–Trinajstić information content (AvgIpc) is 2.50. The Morgan fingerprint density at radius 2 is 1.79 bits per heavy atom.